The van der Waals surface area contributed by atoms with E-state index in [0.29, 0.717) is 22.8 Å². The number of unbranched alkanes of at least 4 members (excludes halogenated alkanes) is 1. The van der Waals surface area contributed by atoms with Gasteiger partial charge in [-0.05, 0) is 38.0 Å². The number of carbonyl (C=O) groups excluding carboxylic acids is 1. The number of fused-ring (bicyclic) bond motifs is 2. The van der Waals surface area contributed by atoms with Crippen molar-refractivity contribution in [2.24, 2.45) is 11.8 Å². The third-order valence-electron chi connectivity index (χ3n) is 3.98. The second-order valence-corrected chi connectivity index (χ2v) is 6.64. The number of thioether (sulfide) groups is 1. The SMILES string of the molecule is O=C[C@@H]1[C@H](CC=CCCCC(=O)O)[C@@H]2CC[C@H]1S2. The van der Waals surface area contributed by atoms with Crippen molar-refractivity contribution in [3.63, 3.8) is 0 Å². The van der Waals surface area contributed by atoms with E-state index >= 15 is 0 Å². The van der Waals surface area contributed by atoms with Crippen LogP contribution in [0.4, 0.5) is 0 Å². The van der Waals surface area contributed by atoms with Gasteiger partial charge in [-0.3, -0.25) is 4.79 Å². The third kappa shape index (κ3) is 3.16. The van der Waals surface area contributed by atoms with Crippen molar-refractivity contribution in [2.75, 3.05) is 0 Å². The standard InChI is InChI=1S/C14H20O3S/c15-9-11-10(12-7-8-13(11)18-12)5-3-1-2-4-6-14(16)17/h1,3,9-13H,2,4-8H2,(H,16,17)/t10-,11+,12-,13+/m0/s1. The molecule has 4 atom stereocenters. The number of hydrogen-bond acceptors (Lipinski definition) is 3. The van der Waals surface area contributed by atoms with E-state index in [4.69, 9.17) is 5.11 Å². The Morgan fingerprint density at radius 1 is 1.28 bits per heavy atom. The molecule has 3 nitrogen and oxygen atoms in total. The first-order chi connectivity index (χ1) is 8.72. The van der Waals surface area contributed by atoms with Crippen LogP contribution in [0.5, 0.6) is 0 Å². The summed E-state index contributed by atoms with van der Waals surface area (Å²) in [4.78, 5) is 21.5. The predicted octanol–water partition coefficient (Wildman–Crippen LogP) is 2.90. The maximum atomic E-state index is 11.1. The summed E-state index contributed by atoms with van der Waals surface area (Å²) in [6.45, 7) is 0. The molecule has 0 amide bonds. The van der Waals surface area contributed by atoms with Crippen LogP contribution in [0.25, 0.3) is 0 Å². The van der Waals surface area contributed by atoms with Crippen LogP contribution < -0.4 is 0 Å². The molecule has 100 valence electrons. The number of aliphatic carboxylic acids is 1. The van der Waals surface area contributed by atoms with Crippen LogP contribution in [-0.2, 0) is 9.59 Å². The van der Waals surface area contributed by atoms with Gasteiger partial charge in [0.25, 0.3) is 0 Å². The minimum absolute atomic E-state index is 0.241. The number of carbonyl (C=O) groups is 2. The Kier molecular flexibility index (Phi) is 4.87. The second-order valence-electron chi connectivity index (χ2n) is 5.16. The predicted molar refractivity (Wildman–Crippen MR) is 72.7 cm³/mol. The molecule has 0 aromatic heterocycles. The fourth-order valence-corrected chi connectivity index (χ4v) is 4.99. The third-order valence-corrected chi connectivity index (χ3v) is 5.81. The monoisotopic (exact) mass is 268 g/mol. The van der Waals surface area contributed by atoms with E-state index < -0.39 is 5.97 Å². The first kappa shape index (κ1) is 13.7. The summed E-state index contributed by atoms with van der Waals surface area (Å²) in [6, 6.07) is 0. The number of carboxylic acid groups (broad SMARTS) is 1. The van der Waals surface area contributed by atoms with Gasteiger partial charge in [0.05, 0.1) is 0 Å². The number of hydrogen-bond donors (Lipinski definition) is 1. The molecule has 2 bridgehead atoms. The van der Waals surface area contributed by atoms with E-state index in [2.05, 4.69) is 12.2 Å². The average molecular weight is 268 g/mol. The normalized spacial score (nSPS) is 34.2. The van der Waals surface area contributed by atoms with Crippen LogP contribution >= 0.6 is 11.8 Å². The van der Waals surface area contributed by atoms with Crippen LogP contribution in [0, 0.1) is 11.8 Å². The van der Waals surface area contributed by atoms with E-state index in [1.165, 1.54) is 12.8 Å². The summed E-state index contributed by atoms with van der Waals surface area (Å²) in [6.07, 6.45) is 10.6. The molecule has 2 heterocycles. The number of carboxylic acids is 1. The van der Waals surface area contributed by atoms with Crippen molar-refractivity contribution in [1.82, 2.24) is 0 Å². The Balaban J connectivity index is 1.71. The fourth-order valence-electron chi connectivity index (χ4n) is 3.05. The van der Waals surface area contributed by atoms with E-state index in [-0.39, 0.29) is 12.3 Å². The van der Waals surface area contributed by atoms with Crippen molar-refractivity contribution < 1.29 is 14.7 Å². The van der Waals surface area contributed by atoms with Crippen molar-refractivity contribution in [2.45, 2.75) is 49.0 Å². The summed E-state index contributed by atoms with van der Waals surface area (Å²) in [5, 5.41) is 9.76. The van der Waals surface area contributed by atoms with Crippen LogP contribution in [0.2, 0.25) is 0 Å². The molecule has 1 N–H and O–H groups in total. The molecule has 2 saturated heterocycles. The van der Waals surface area contributed by atoms with Gasteiger partial charge in [-0.1, -0.05) is 12.2 Å². The molecular formula is C14H20O3S. The summed E-state index contributed by atoms with van der Waals surface area (Å²) in [7, 11) is 0. The summed E-state index contributed by atoms with van der Waals surface area (Å²) < 4.78 is 0. The smallest absolute Gasteiger partial charge is 0.303 e. The zero-order valence-electron chi connectivity index (χ0n) is 10.5. The van der Waals surface area contributed by atoms with Gasteiger partial charge < -0.3 is 9.90 Å². The summed E-state index contributed by atoms with van der Waals surface area (Å²) in [5.41, 5.74) is 0. The van der Waals surface area contributed by atoms with Gasteiger partial charge in [-0.25, -0.2) is 0 Å². The van der Waals surface area contributed by atoms with Crippen LogP contribution in [0.3, 0.4) is 0 Å². The molecule has 0 aromatic rings. The van der Waals surface area contributed by atoms with Crippen molar-refractivity contribution in [1.29, 1.82) is 0 Å². The molecule has 2 aliphatic heterocycles. The maximum Gasteiger partial charge on any atom is 0.303 e. The lowest BCUT2D eigenvalue weighted by Gasteiger charge is -2.24. The Labute approximate surface area is 112 Å². The maximum absolute atomic E-state index is 11.1. The zero-order chi connectivity index (χ0) is 13.0. The lowest BCUT2D eigenvalue weighted by Crippen LogP contribution is -2.27. The first-order valence-electron chi connectivity index (χ1n) is 6.70. The van der Waals surface area contributed by atoms with Crippen molar-refractivity contribution >= 4 is 24.0 Å². The van der Waals surface area contributed by atoms with Gasteiger partial charge in [0, 0.05) is 22.8 Å². The molecule has 2 aliphatic rings. The van der Waals surface area contributed by atoms with Crippen LogP contribution in [-0.4, -0.2) is 27.9 Å². The molecule has 2 rings (SSSR count). The van der Waals surface area contributed by atoms with Crippen LogP contribution in [0.15, 0.2) is 12.2 Å². The second kappa shape index (κ2) is 6.41. The molecular weight excluding hydrogens is 248 g/mol. The van der Waals surface area contributed by atoms with E-state index in [1.807, 2.05) is 11.8 Å². The van der Waals surface area contributed by atoms with E-state index in [9.17, 15) is 9.59 Å². The highest BCUT2D eigenvalue weighted by Gasteiger charge is 2.47. The van der Waals surface area contributed by atoms with Crippen molar-refractivity contribution in [3.8, 4) is 0 Å². The zero-order valence-corrected chi connectivity index (χ0v) is 11.3. The minimum Gasteiger partial charge on any atom is -0.481 e. The fraction of sp³-hybridized carbons (Fsp3) is 0.714. The molecule has 0 unspecified atom stereocenters. The van der Waals surface area contributed by atoms with Gasteiger partial charge in [-0.2, -0.15) is 11.8 Å². The molecule has 0 spiro atoms. The highest BCUT2D eigenvalue weighted by Crippen LogP contribution is 2.53. The number of aldehydes is 1. The Hall–Kier alpha value is -0.770. The van der Waals surface area contributed by atoms with Gasteiger partial charge in [0.1, 0.15) is 6.29 Å². The Morgan fingerprint density at radius 3 is 2.78 bits per heavy atom. The van der Waals surface area contributed by atoms with Gasteiger partial charge >= 0.3 is 5.97 Å². The molecule has 0 saturated carbocycles. The molecule has 4 heteroatoms. The van der Waals surface area contributed by atoms with Gasteiger partial charge in [0.2, 0.25) is 0 Å². The van der Waals surface area contributed by atoms with Gasteiger partial charge in [-0.15, -0.1) is 0 Å². The molecule has 2 fully saturated rings. The van der Waals surface area contributed by atoms with Crippen molar-refractivity contribution in [3.05, 3.63) is 12.2 Å². The molecule has 18 heavy (non-hydrogen) atoms. The lowest BCUT2D eigenvalue weighted by molar-refractivity contribution is -0.137. The molecule has 0 radical (unpaired) electrons. The molecule has 0 aliphatic carbocycles. The Bertz CT molecular complexity index is 340. The average Bonchev–Trinajstić information content (AvgIpc) is 2.93. The lowest BCUT2D eigenvalue weighted by atomic mass is 9.78. The topological polar surface area (TPSA) is 54.4 Å². The number of allylic oxidation sites excluding steroid dienone is 2. The van der Waals surface area contributed by atoms with Crippen LogP contribution in [0.1, 0.15) is 38.5 Å². The molecule has 0 aromatic carbocycles. The highest BCUT2D eigenvalue weighted by molar-refractivity contribution is 8.01. The highest BCUT2D eigenvalue weighted by atomic mass is 32.2. The largest absolute Gasteiger partial charge is 0.481 e. The first-order valence-corrected chi connectivity index (χ1v) is 7.64. The Morgan fingerprint density at radius 2 is 2.06 bits per heavy atom. The minimum atomic E-state index is -0.728. The number of rotatable bonds is 7. The van der Waals surface area contributed by atoms with E-state index in [0.717, 1.165) is 19.1 Å². The summed E-state index contributed by atoms with van der Waals surface area (Å²) >= 11 is 2.00. The quantitative estimate of drug-likeness (QED) is 0.438. The van der Waals surface area contributed by atoms with Gasteiger partial charge in [0.15, 0.2) is 0 Å². The summed E-state index contributed by atoms with van der Waals surface area (Å²) in [5.74, 6) is 0.0355. The van der Waals surface area contributed by atoms with E-state index in [1.54, 1.807) is 0 Å².